The summed E-state index contributed by atoms with van der Waals surface area (Å²) in [6.45, 7) is 4.68. The summed E-state index contributed by atoms with van der Waals surface area (Å²) in [5.74, 6) is 0.0727. The Morgan fingerprint density at radius 1 is 1.11 bits per heavy atom. The molecule has 0 unspecified atom stereocenters. The average Bonchev–Trinajstić information content (AvgIpc) is 2.71. The molecule has 0 heterocycles. The first-order valence-electron chi connectivity index (χ1n) is 9.50. The minimum Gasteiger partial charge on any atom is -0.494 e. The maximum atomic E-state index is 13.2. The molecular weight excluding hydrogens is 359 g/mol. The third-order valence-electron chi connectivity index (χ3n) is 4.33. The molecule has 0 aromatic heterocycles. The van der Waals surface area contributed by atoms with Crippen molar-refractivity contribution in [1.82, 2.24) is 10.2 Å². The van der Waals surface area contributed by atoms with Crippen molar-refractivity contribution in [1.29, 1.82) is 0 Å². The molecule has 0 fully saturated rings. The van der Waals surface area contributed by atoms with Crippen LogP contribution in [0.4, 0.5) is 4.39 Å². The Kier molecular flexibility index (Phi) is 8.46. The Morgan fingerprint density at radius 2 is 1.79 bits per heavy atom. The molecule has 6 heteroatoms. The molecule has 0 spiro atoms. The minimum absolute atomic E-state index is 0.139. The summed E-state index contributed by atoms with van der Waals surface area (Å²) in [6, 6.07) is 14.7. The molecule has 0 saturated carbocycles. The van der Waals surface area contributed by atoms with Crippen molar-refractivity contribution < 1.29 is 18.7 Å². The van der Waals surface area contributed by atoms with Crippen LogP contribution in [-0.4, -0.2) is 35.9 Å². The van der Waals surface area contributed by atoms with Gasteiger partial charge in [-0.05, 0) is 50.1 Å². The lowest BCUT2D eigenvalue weighted by Gasteiger charge is -2.28. The van der Waals surface area contributed by atoms with E-state index in [2.05, 4.69) is 5.32 Å². The highest BCUT2D eigenvalue weighted by atomic mass is 19.1. The van der Waals surface area contributed by atoms with Gasteiger partial charge in [-0.15, -0.1) is 0 Å². The zero-order valence-electron chi connectivity index (χ0n) is 16.4. The van der Waals surface area contributed by atoms with Crippen molar-refractivity contribution in [2.24, 2.45) is 0 Å². The van der Waals surface area contributed by atoms with Gasteiger partial charge < -0.3 is 15.0 Å². The summed E-state index contributed by atoms with van der Waals surface area (Å²) in [5.41, 5.74) is 0.770. The minimum atomic E-state index is -0.618. The van der Waals surface area contributed by atoms with E-state index >= 15 is 0 Å². The number of ether oxygens (including phenoxy) is 1. The SMILES string of the molecule is CCNC(=O)[C@@H](C)N(Cc1ccc(F)cc1)C(=O)CCCOc1ccccc1. The van der Waals surface area contributed by atoms with Gasteiger partial charge in [-0.25, -0.2) is 4.39 Å². The van der Waals surface area contributed by atoms with E-state index in [1.165, 1.54) is 17.0 Å². The summed E-state index contributed by atoms with van der Waals surface area (Å²) in [6.07, 6.45) is 0.799. The van der Waals surface area contributed by atoms with Crippen LogP contribution >= 0.6 is 0 Å². The monoisotopic (exact) mass is 386 g/mol. The second kappa shape index (κ2) is 11.1. The van der Waals surface area contributed by atoms with E-state index in [-0.39, 0.29) is 30.6 Å². The van der Waals surface area contributed by atoms with Crippen molar-refractivity contribution in [3.63, 3.8) is 0 Å². The largest absolute Gasteiger partial charge is 0.494 e. The van der Waals surface area contributed by atoms with Crippen LogP contribution in [0.1, 0.15) is 32.3 Å². The van der Waals surface area contributed by atoms with Crippen LogP contribution in [0, 0.1) is 5.82 Å². The summed E-state index contributed by atoms with van der Waals surface area (Å²) >= 11 is 0. The second-order valence-electron chi connectivity index (χ2n) is 6.48. The van der Waals surface area contributed by atoms with Crippen LogP contribution in [0.2, 0.25) is 0 Å². The quantitative estimate of drug-likeness (QED) is 0.636. The molecule has 2 aromatic carbocycles. The molecule has 0 radical (unpaired) electrons. The Bertz CT molecular complexity index is 750. The molecular formula is C22H27FN2O3. The Hall–Kier alpha value is -2.89. The summed E-state index contributed by atoms with van der Waals surface area (Å²) < 4.78 is 18.8. The first-order chi connectivity index (χ1) is 13.5. The molecule has 0 saturated heterocycles. The molecule has 1 atom stereocenters. The average molecular weight is 386 g/mol. The summed E-state index contributed by atoms with van der Waals surface area (Å²) in [5, 5.41) is 2.75. The predicted molar refractivity (Wildman–Crippen MR) is 106 cm³/mol. The van der Waals surface area contributed by atoms with Crippen molar-refractivity contribution in [2.45, 2.75) is 39.3 Å². The molecule has 0 bridgehead atoms. The first kappa shape index (κ1) is 21.4. The van der Waals surface area contributed by atoms with Crippen molar-refractivity contribution in [3.8, 4) is 5.75 Å². The van der Waals surface area contributed by atoms with Gasteiger partial charge in [-0.1, -0.05) is 30.3 Å². The number of hydrogen-bond acceptors (Lipinski definition) is 3. The number of nitrogens with zero attached hydrogens (tertiary/aromatic N) is 1. The third kappa shape index (κ3) is 6.68. The maximum absolute atomic E-state index is 13.2. The van der Waals surface area contributed by atoms with Gasteiger partial charge in [-0.2, -0.15) is 0 Å². The highest BCUT2D eigenvalue weighted by Gasteiger charge is 2.25. The van der Waals surface area contributed by atoms with Gasteiger partial charge in [0.15, 0.2) is 0 Å². The standard InChI is InChI=1S/C22H27FN2O3/c1-3-24-22(27)17(2)25(16-18-11-13-19(23)14-12-18)21(26)10-7-15-28-20-8-5-4-6-9-20/h4-6,8-9,11-14,17H,3,7,10,15-16H2,1-2H3,(H,24,27)/t17-/m1/s1. The maximum Gasteiger partial charge on any atom is 0.242 e. The van der Waals surface area contributed by atoms with Crippen LogP contribution in [0.3, 0.4) is 0 Å². The number of carbonyl (C=O) groups excluding carboxylic acids is 2. The molecule has 5 nitrogen and oxygen atoms in total. The molecule has 150 valence electrons. The van der Waals surface area contributed by atoms with Gasteiger partial charge in [0.05, 0.1) is 6.61 Å². The highest BCUT2D eigenvalue weighted by Crippen LogP contribution is 2.14. The van der Waals surface area contributed by atoms with Crippen LogP contribution in [-0.2, 0) is 16.1 Å². The van der Waals surface area contributed by atoms with E-state index in [1.54, 1.807) is 19.1 Å². The zero-order valence-corrected chi connectivity index (χ0v) is 16.4. The van der Waals surface area contributed by atoms with Gasteiger partial charge in [0.1, 0.15) is 17.6 Å². The fourth-order valence-corrected chi connectivity index (χ4v) is 2.76. The number of rotatable bonds is 10. The van der Waals surface area contributed by atoms with Crippen LogP contribution in [0.5, 0.6) is 5.75 Å². The van der Waals surface area contributed by atoms with Crippen LogP contribution in [0.25, 0.3) is 0 Å². The molecule has 0 aliphatic carbocycles. The molecule has 2 rings (SSSR count). The van der Waals surface area contributed by atoms with E-state index in [1.807, 2.05) is 37.3 Å². The molecule has 28 heavy (non-hydrogen) atoms. The predicted octanol–water partition coefficient (Wildman–Crippen LogP) is 3.54. The molecule has 1 N–H and O–H groups in total. The third-order valence-corrected chi connectivity index (χ3v) is 4.33. The number of benzene rings is 2. The van der Waals surface area contributed by atoms with Gasteiger partial charge in [-0.3, -0.25) is 9.59 Å². The normalized spacial score (nSPS) is 11.5. The van der Waals surface area contributed by atoms with Crippen molar-refractivity contribution in [3.05, 3.63) is 66.0 Å². The van der Waals surface area contributed by atoms with Gasteiger partial charge in [0, 0.05) is 19.5 Å². The molecule has 2 aromatic rings. The van der Waals surface area contributed by atoms with Crippen molar-refractivity contribution >= 4 is 11.8 Å². The summed E-state index contributed by atoms with van der Waals surface area (Å²) in [4.78, 5) is 26.6. The molecule has 0 aliphatic rings. The number of para-hydroxylation sites is 1. The van der Waals surface area contributed by atoms with Gasteiger partial charge >= 0.3 is 0 Å². The van der Waals surface area contributed by atoms with E-state index in [9.17, 15) is 14.0 Å². The van der Waals surface area contributed by atoms with Crippen molar-refractivity contribution in [2.75, 3.05) is 13.2 Å². The number of carbonyl (C=O) groups is 2. The van der Waals surface area contributed by atoms with E-state index in [0.717, 1.165) is 11.3 Å². The number of amides is 2. The fourth-order valence-electron chi connectivity index (χ4n) is 2.76. The first-order valence-corrected chi connectivity index (χ1v) is 9.50. The lowest BCUT2D eigenvalue weighted by molar-refractivity contribution is -0.140. The number of hydrogen-bond donors (Lipinski definition) is 1. The number of likely N-dealkylation sites (N-methyl/N-ethyl adjacent to an activating group) is 1. The lowest BCUT2D eigenvalue weighted by Crippen LogP contribution is -2.47. The van der Waals surface area contributed by atoms with Crippen LogP contribution in [0.15, 0.2) is 54.6 Å². The fraction of sp³-hybridized carbons (Fsp3) is 0.364. The van der Waals surface area contributed by atoms with Gasteiger partial charge in [0.25, 0.3) is 0 Å². The van der Waals surface area contributed by atoms with E-state index in [0.29, 0.717) is 19.6 Å². The number of nitrogens with one attached hydrogen (secondary N) is 1. The zero-order chi connectivity index (χ0) is 20.4. The molecule has 2 amide bonds. The topological polar surface area (TPSA) is 58.6 Å². The Labute approximate surface area is 165 Å². The highest BCUT2D eigenvalue weighted by molar-refractivity contribution is 5.87. The molecule has 0 aliphatic heterocycles. The smallest absolute Gasteiger partial charge is 0.242 e. The Balaban J connectivity index is 1.96. The lowest BCUT2D eigenvalue weighted by atomic mass is 10.1. The Morgan fingerprint density at radius 3 is 2.43 bits per heavy atom. The summed E-state index contributed by atoms with van der Waals surface area (Å²) in [7, 11) is 0. The van der Waals surface area contributed by atoms with E-state index in [4.69, 9.17) is 4.74 Å². The van der Waals surface area contributed by atoms with Gasteiger partial charge in [0.2, 0.25) is 11.8 Å². The van der Waals surface area contributed by atoms with Crippen LogP contribution < -0.4 is 10.1 Å². The van der Waals surface area contributed by atoms with E-state index < -0.39 is 6.04 Å². The number of halogens is 1. The second-order valence-corrected chi connectivity index (χ2v) is 6.48.